The van der Waals surface area contributed by atoms with E-state index in [-0.39, 0.29) is 24.2 Å². The number of aliphatic carboxylic acids is 1. The monoisotopic (exact) mass is 279 g/mol. The van der Waals surface area contributed by atoms with Crippen LogP contribution in [0.15, 0.2) is 24.3 Å². The molecule has 1 aromatic carbocycles. The molecular weight excluding hydrogens is 261 g/mol. The minimum absolute atomic E-state index is 0.142. The highest BCUT2D eigenvalue weighted by Crippen LogP contribution is 2.24. The molecule has 0 aromatic heterocycles. The topological polar surface area (TPSA) is 66.4 Å². The summed E-state index contributed by atoms with van der Waals surface area (Å²) >= 11 is 0. The van der Waals surface area contributed by atoms with Gasteiger partial charge in [0, 0.05) is 6.04 Å². The second-order valence-electron chi connectivity index (χ2n) is 5.21. The van der Waals surface area contributed by atoms with E-state index in [2.05, 4.69) is 5.32 Å². The van der Waals surface area contributed by atoms with Gasteiger partial charge >= 0.3 is 5.97 Å². The van der Waals surface area contributed by atoms with Gasteiger partial charge < -0.3 is 10.4 Å². The van der Waals surface area contributed by atoms with Crippen molar-refractivity contribution in [2.75, 3.05) is 0 Å². The zero-order valence-corrected chi connectivity index (χ0v) is 11.1. The minimum Gasteiger partial charge on any atom is -0.481 e. The lowest BCUT2D eigenvalue weighted by molar-refractivity contribution is -0.144. The number of halogens is 1. The van der Waals surface area contributed by atoms with E-state index in [1.165, 1.54) is 12.1 Å². The summed E-state index contributed by atoms with van der Waals surface area (Å²) in [5.74, 6) is -1.90. The van der Waals surface area contributed by atoms with Gasteiger partial charge in [0.05, 0.1) is 12.3 Å². The molecule has 1 aromatic rings. The molecule has 1 saturated carbocycles. The third kappa shape index (κ3) is 3.79. The van der Waals surface area contributed by atoms with Gasteiger partial charge in [-0.05, 0) is 30.5 Å². The van der Waals surface area contributed by atoms with Crippen molar-refractivity contribution in [3.8, 4) is 0 Å². The van der Waals surface area contributed by atoms with E-state index in [4.69, 9.17) is 5.11 Å². The Labute approximate surface area is 117 Å². The summed E-state index contributed by atoms with van der Waals surface area (Å²) in [5, 5.41) is 11.9. The van der Waals surface area contributed by atoms with Crippen molar-refractivity contribution in [3.63, 3.8) is 0 Å². The highest BCUT2D eigenvalue weighted by atomic mass is 19.1. The van der Waals surface area contributed by atoms with Crippen LogP contribution in [0.4, 0.5) is 4.39 Å². The molecule has 4 nitrogen and oxygen atoms in total. The van der Waals surface area contributed by atoms with Crippen molar-refractivity contribution in [2.45, 2.75) is 38.1 Å². The van der Waals surface area contributed by atoms with Crippen LogP contribution in [0.1, 0.15) is 31.2 Å². The fourth-order valence-electron chi connectivity index (χ4n) is 2.64. The van der Waals surface area contributed by atoms with Crippen LogP contribution in [0.25, 0.3) is 0 Å². The Bertz CT molecular complexity index is 486. The summed E-state index contributed by atoms with van der Waals surface area (Å²) in [6, 6.07) is 5.44. The van der Waals surface area contributed by atoms with Gasteiger partial charge in [0.2, 0.25) is 5.91 Å². The van der Waals surface area contributed by atoms with Crippen LogP contribution < -0.4 is 5.32 Å². The molecule has 20 heavy (non-hydrogen) atoms. The van der Waals surface area contributed by atoms with E-state index in [0.717, 1.165) is 12.8 Å². The van der Waals surface area contributed by atoms with Gasteiger partial charge in [0.25, 0.3) is 0 Å². The Kier molecular flexibility index (Phi) is 4.71. The SMILES string of the molecule is O=C(Cc1ccc(F)cc1)NC1CCCCC1C(=O)O. The van der Waals surface area contributed by atoms with E-state index in [9.17, 15) is 14.0 Å². The van der Waals surface area contributed by atoms with Crippen LogP contribution in [0.2, 0.25) is 0 Å². The molecule has 0 saturated heterocycles. The van der Waals surface area contributed by atoms with Crippen molar-refractivity contribution in [3.05, 3.63) is 35.6 Å². The first-order valence-corrected chi connectivity index (χ1v) is 6.83. The van der Waals surface area contributed by atoms with E-state index < -0.39 is 11.9 Å². The molecule has 1 aliphatic rings. The first kappa shape index (κ1) is 14.5. The van der Waals surface area contributed by atoms with Crippen LogP contribution in [0.3, 0.4) is 0 Å². The predicted molar refractivity (Wildman–Crippen MR) is 71.6 cm³/mol. The van der Waals surface area contributed by atoms with Crippen LogP contribution in [0, 0.1) is 11.7 Å². The van der Waals surface area contributed by atoms with Crippen molar-refractivity contribution < 1.29 is 19.1 Å². The highest BCUT2D eigenvalue weighted by molar-refractivity contribution is 5.80. The van der Waals surface area contributed by atoms with E-state index in [1.807, 2.05) is 0 Å². The maximum absolute atomic E-state index is 12.8. The molecule has 1 aliphatic carbocycles. The van der Waals surface area contributed by atoms with Crippen molar-refractivity contribution >= 4 is 11.9 Å². The van der Waals surface area contributed by atoms with Gasteiger partial charge in [-0.2, -0.15) is 0 Å². The molecule has 0 heterocycles. The van der Waals surface area contributed by atoms with Crippen molar-refractivity contribution in [2.24, 2.45) is 5.92 Å². The molecule has 0 aliphatic heterocycles. The Morgan fingerprint density at radius 1 is 1.20 bits per heavy atom. The fourth-order valence-corrected chi connectivity index (χ4v) is 2.64. The number of rotatable bonds is 4. The van der Waals surface area contributed by atoms with Crippen LogP contribution in [-0.4, -0.2) is 23.0 Å². The molecule has 1 amide bonds. The number of carbonyl (C=O) groups is 2. The second-order valence-corrected chi connectivity index (χ2v) is 5.21. The lowest BCUT2D eigenvalue weighted by Crippen LogP contribution is -2.45. The van der Waals surface area contributed by atoms with Gasteiger partial charge in [-0.25, -0.2) is 4.39 Å². The van der Waals surface area contributed by atoms with Crippen LogP contribution in [-0.2, 0) is 16.0 Å². The molecule has 5 heteroatoms. The zero-order valence-electron chi connectivity index (χ0n) is 11.1. The quantitative estimate of drug-likeness (QED) is 0.887. The fraction of sp³-hybridized carbons (Fsp3) is 0.467. The highest BCUT2D eigenvalue weighted by Gasteiger charge is 2.31. The third-order valence-electron chi connectivity index (χ3n) is 3.71. The third-order valence-corrected chi connectivity index (χ3v) is 3.71. The zero-order chi connectivity index (χ0) is 14.5. The first-order valence-electron chi connectivity index (χ1n) is 6.83. The number of hydrogen-bond donors (Lipinski definition) is 2. The normalized spacial score (nSPS) is 22.2. The Balaban J connectivity index is 1.92. The maximum Gasteiger partial charge on any atom is 0.308 e. The molecule has 1 fully saturated rings. The number of carbonyl (C=O) groups excluding carboxylic acids is 1. The number of amides is 1. The lowest BCUT2D eigenvalue weighted by atomic mass is 9.84. The van der Waals surface area contributed by atoms with E-state index >= 15 is 0 Å². The first-order chi connectivity index (χ1) is 9.56. The van der Waals surface area contributed by atoms with E-state index in [1.54, 1.807) is 12.1 Å². The van der Waals surface area contributed by atoms with Crippen molar-refractivity contribution in [1.82, 2.24) is 5.32 Å². The average Bonchev–Trinajstić information content (AvgIpc) is 2.41. The number of nitrogens with one attached hydrogen (secondary N) is 1. The Morgan fingerprint density at radius 2 is 1.85 bits per heavy atom. The summed E-state index contributed by atoms with van der Waals surface area (Å²) in [4.78, 5) is 23.1. The second kappa shape index (κ2) is 6.50. The Morgan fingerprint density at radius 3 is 2.50 bits per heavy atom. The molecular formula is C15H18FNO3. The maximum atomic E-state index is 12.8. The summed E-state index contributed by atoms with van der Waals surface area (Å²) in [7, 11) is 0. The van der Waals surface area contributed by atoms with Crippen LogP contribution >= 0.6 is 0 Å². The average molecular weight is 279 g/mol. The molecule has 2 atom stereocenters. The van der Waals surface area contributed by atoms with Gasteiger partial charge in [-0.1, -0.05) is 25.0 Å². The van der Waals surface area contributed by atoms with Gasteiger partial charge in [-0.3, -0.25) is 9.59 Å². The number of benzene rings is 1. The number of hydrogen-bond acceptors (Lipinski definition) is 2. The predicted octanol–water partition coefficient (Wildman–Crippen LogP) is 2.13. The standard InChI is InChI=1S/C15H18FNO3/c16-11-7-5-10(6-8-11)9-14(18)17-13-4-2-1-3-12(13)15(19)20/h5-8,12-13H,1-4,9H2,(H,17,18)(H,19,20). The molecule has 108 valence electrons. The smallest absolute Gasteiger partial charge is 0.308 e. The molecule has 0 spiro atoms. The number of carboxylic acids is 1. The summed E-state index contributed by atoms with van der Waals surface area (Å²) in [5.41, 5.74) is 0.714. The molecule has 0 bridgehead atoms. The lowest BCUT2D eigenvalue weighted by Gasteiger charge is -2.29. The minimum atomic E-state index is -0.850. The Hall–Kier alpha value is -1.91. The largest absolute Gasteiger partial charge is 0.481 e. The van der Waals surface area contributed by atoms with Gasteiger partial charge in [-0.15, -0.1) is 0 Å². The summed E-state index contributed by atoms with van der Waals surface area (Å²) in [6.45, 7) is 0. The molecule has 2 N–H and O–H groups in total. The molecule has 2 rings (SSSR count). The summed E-state index contributed by atoms with van der Waals surface area (Å²) < 4.78 is 12.8. The summed E-state index contributed by atoms with van der Waals surface area (Å²) in [6.07, 6.45) is 3.28. The van der Waals surface area contributed by atoms with Crippen LogP contribution in [0.5, 0.6) is 0 Å². The molecule has 0 radical (unpaired) electrons. The van der Waals surface area contributed by atoms with Gasteiger partial charge in [0.1, 0.15) is 5.82 Å². The van der Waals surface area contributed by atoms with Gasteiger partial charge in [0.15, 0.2) is 0 Å². The van der Waals surface area contributed by atoms with Crippen molar-refractivity contribution in [1.29, 1.82) is 0 Å². The molecule has 2 unspecified atom stereocenters. The number of carboxylic acid groups (broad SMARTS) is 1. The van der Waals surface area contributed by atoms with E-state index in [0.29, 0.717) is 18.4 Å².